The maximum atomic E-state index is 12.1. The van der Waals surface area contributed by atoms with Crippen LogP contribution in [0.15, 0.2) is 0 Å². The number of carbonyl (C=O) groups is 2. The summed E-state index contributed by atoms with van der Waals surface area (Å²) in [6.07, 6.45) is 0.649. The van der Waals surface area contributed by atoms with Crippen LogP contribution in [0.2, 0.25) is 0 Å². The number of ether oxygens (including phenoxy) is 1. The molecule has 0 radical (unpaired) electrons. The standard InChI is InChI=1S/C12H24N2O3/c1-9(2)8-11(13-10(3)15)12(16)14(4)6-7-17-5/h9,11H,6-8H2,1-5H3,(H,13,15)/t11-/m0/s1. The fourth-order valence-electron chi connectivity index (χ4n) is 1.54. The van der Waals surface area contributed by atoms with Crippen molar-refractivity contribution in [3.63, 3.8) is 0 Å². The first-order chi connectivity index (χ1) is 7.88. The molecule has 0 bridgehead atoms. The molecule has 0 fully saturated rings. The third-order valence-corrected chi connectivity index (χ3v) is 2.39. The number of nitrogens with zero attached hydrogens (tertiary/aromatic N) is 1. The van der Waals surface area contributed by atoms with E-state index in [-0.39, 0.29) is 11.8 Å². The summed E-state index contributed by atoms with van der Waals surface area (Å²) in [5, 5.41) is 2.70. The van der Waals surface area contributed by atoms with Gasteiger partial charge in [0.25, 0.3) is 0 Å². The molecule has 0 aromatic rings. The number of amides is 2. The van der Waals surface area contributed by atoms with Gasteiger partial charge in [-0.3, -0.25) is 9.59 Å². The van der Waals surface area contributed by atoms with E-state index in [1.54, 1.807) is 19.1 Å². The molecule has 0 saturated carbocycles. The Morgan fingerprint density at radius 2 is 1.94 bits per heavy atom. The van der Waals surface area contributed by atoms with E-state index in [1.165, 1.54) is 6.92 Å². The number of likely N-dealkylation sites (N-methyl/N-ethyl adjacent to an activating group) is 1. The summed E-state index contributed by atoms with van der Waals surface area (Å²) in [7, 11) is 3.31. The zero-order chi connectivity index (χ0) is 13.4. The minimum Gasteiger partial charge on any atom is -0.383 e. The van der Waals surface area contributed by atoms with Gasteiger partial charge in [-0.05, 0) is 12.3 Å². The van der Waals surface area contributed by atoms with Crippen molar-refractivity contribution in [3.05, 3.63) is 0 Å². The first-order valence-electron chi connectivity index (χ1n) is 5.89. The van der Waals surface area contributed by atoms with Gasteiger partial charge in [-0.1, -0.05) is 13.8 Å². The lowest BCUT2D eigenvalue weighted by molar-refractivity contribution is -0.135. The average Bonchev–Trinajstić information content (AvgIpc) is 2.22. The fourth-order valence-corrected chi connectivity index (χ4v) is 1.54. The molecule has 1 atom stereocenters. The average molecular weight is 244 g/mol. The van der Waals surface area contributed by atoms with Crippen LogP contribution < -0.4 is 5.32 Å². The lowest BCUT2D eigenvalue weighted by Gasteiger charge is -2.25. The third-order valence-electron chi connectivity index (χ3n) is 2.39. The van der Waals surface area contributed by atoms with Crippen molar-refractivity contribution in [2.45, 2.75) is 33.2 Å². The SMILES string of the molecule is COCCN(C)C(=O)[C@H](CC(C)C)NC(C)=O. The molecule has 100 valence electrons. The van der Waals surface area contributed by atoms with Gasteiger partial charge in [-0.2, -0.15) is 0 Å². The van der Waals surface area contributed by atoms with E-state index in [0.717, 1.165) is 0 Å². The van der Waals surface area contributed by atoms with Gasteiger partial charge >= 0.3 is 0 Å². The molecule has 0 heterocycles. The summed E-state index contributed by atoms with van der Waals surface area (Å²) < 4.78 is 4.92. The Balaban J connectivity index is 4.44. The van der Waals surface area contributed by atoms with Gasteiger partial charge in [0, 0.05) is 27.6 Å². The molecule has 0 aliphatic carbocycles. The highest BCUT2D eigenvalue weighted by atomic mass is 16.5. The van der Waals surface area contributed by atoms with E-state index in [0.29, 0.717) is 25.5 Å². The molecule has 0 unspecified atom stereocenters. The molecule has 5 nitrogen and oxygen atoms in total. The van der Waals surface area contributed by atoms with Gasteiger partial charge in [-0.15, -0.1) is 0 Å². The molecule has 1 N–H and O–H groups in total. The Bertz CT molecular complexity index is 254. The van der Waals surface area contributed by atoms with Gasteiger partial charge in [0.2, 0.25) is 11.8 Å². The second kappa shape index (κ2) is 8.06. The van der Waals surface area contributed by atoms with E-state index in [4.69, 9.17) is 4.74 Å². The monoisotopic (exact) mass is 244 g/mol. The summed E-state index contributed by atoms with van der Waals surface area (Å²) in [5.41, 5.74) is 0. The highest BCUT2D eigenvalue weighted by molar-refractivity contribution is 5.86. The smallest absolute Gasteiger partial charge is 0.244 e. The number of methoxy groups -OCH3 is 1. The van der Waals surface area contributed by atoms with Crippen LogP contribution in [0.4, 0.5) is 0 Å². The molecular formula is C12H24N2O3. The summed E-state index contributed by atoms with van der Waals surface area (Å²) in [4.78, 5) is 24.7. The van der Waals surface area contributed by atoms with E-state index >= 15 is 0 Å². The van der Waals surface area contributed by atoms with Gasteiger partial charge < -0.3 is 15.0 Å². The molecule has 0 aromatic carbocycles. The number of hydrogen-bond donors (Lipinski definition) is 1. The van der Waals surface area contributed by atoms with Crippen molar-refractivity contribution in [1.82, 2.24) is 10.2 Å². The van der Waals surface area contributed by atoms with Crippen molar-refractivity contribution in [2.75, 3.05) is 27.3 Å². The van der Waals surface area contributed by atoms with Gasteiger partial charge in [-0.25, -0.2) is 0 Å². The Hall–Kier alpha value is -1.10. The van der Waals surface area contributed by atoms with Crippen LogP contribution in [0, 0.1) is 5.92 Å². The number of hydrogen-bond acceptors (Lipinski definition) is 3. The van der Waals surface area contributed by atoms with Gasteiger partial charge in [0.15, 0.2) is 0 Å². The highest BCUT2D eigenvalue weighted by Crippen LogP contribution is 2.07. The molecule has 0 aliphatic heterocycles. The number of carbonyl (C=O) groups excluding carboxylic acids is 2. The Morgan fingerprint density at radius 1 is 1.35 bits per heavy atom. The first kappa shape index (κ1) is 15.9. The maximum absolute atomic E-state index is 12.1. The normalized spacial score (nSPS) is 12.4. The summed E-state index contributed by atoms with van der Waals surface area (Å²) in [6, 6.07) is -0.436. The van der Waals surface area contributed by atoms with Gasteiger partial charge in [0.1, 0.15) is 6.04 Å². The van der Waals surface area contributed by atoms with E-state index in [9.17, 15) is 9.59 Å². The van der Waals surface area contributed by atoms with Crippen molar-refractivity contribution >= 4 is 11.8 Å². The minimum absolute atomic E-state index is 0.0639. The molecule has 0 aromatic heterocycles. The van der Waals surface area contributed by atoms with Crippen LogP contribution in [-0.2, 0) is 14.3 Å². The van der Waals surface area contributed by atoms with Crippen LogP contribution in [0.5, 0.6) is 0 Å². The van der Waals surface area contributed by atoms with E-state index in [1.807, 2.05) is 13.8 Å². The van der Waals surface area contributed by atoms with E-state index in [2.05, 4.69) is 5.32 Å². The van der Waals surface area contributed by atoms with Crippen LogP contribution in [0.3, 0.4) is 0 Å². The molecule has 0 spiro atoms. The molecule has 5 heteroatoms. The summed E-state index contributed by atoms with van der Waals surface area (Å²) >= 11 is 0. The quantitative estimate of drug-likeness (QED) is 0.715. The molecular weight excluding hydrogens is 220 g/mol. The van der Waals surface area contributed by atoms with Crippen molar-refractivity contribution in [1.29, 1.82) is 0 Å². The zero-order valence-corrected chi connectivity index (χ0v) is 11.4. The second-order valence-electron chi connectivity index (χ2n) is 4.64. The van der Waals surface area contributed by atoms with Crippen LogP contribution in [0.1, 0.15) is 27.2 Å². The molecule has 17 heavy (non-hydrogen) atoms. The zero-order valence-electron chi connectivity index (χ0n) is 11.4. The molecule has 2 amide bonds. The van der Waals surface area contributed by atoms with Crippen LogP contribution in [-0.4, -0.2) is 50.1 Å². The lowest BCUT2D eigenvalue weighted by Crippen LogP contribution is -2.48. The van der Waals surface area contributed by atoms with Crippen LogP contribution in [0.25, 0.3) is 0 Å². The summed E-state index contributed by atoms with van der Waals surface area (Å²) in [6.45, 7) is 6.50. The van der Waals surface area contributed by atoms with Crippen LogP contribution >= 0.6 is 0 Å². The number of rotatable bonds is 7. The maximum Gasteiger partial charge on any atom is 0.244 e. The van der Waals surface area contributed by atoms with Crippen molar-refractivity contribution in [2.24, 2.45) is 5.92 Å². The topological polar surface area (TPSA) is 58.6 Å². The molecule has 0 aliphatic rings. The van der Waals surface area contributed by atoms with Gasteiger partial charge in [0.05, 0.1) is 6.61 Å². The van der Waals surface area contributed by atoms with Crippen molar-refractivity contribution in [3.8, 4) is 0 Å². The molecule has 0 rings (SSSR count). The fraction of sp³-hybridized carbons (Fsp3) is 0.833. The molecule has 0 saturated heterocycles. The highest BCUT2D eigenvalue weighted by Gasteiger charge is 2.23. The predicted octanol–water partition coefficient (Wildman–Crippen LogP) is 0.642. The second-order valence-corrected chi connectivity index (χ2v) is 4.64. The van der Waals surface area contributed by atoms with Crippen molar-refractivity contribution < 1.29 is 14.3 Å². The predicted molar refractivity (Wildman–Crippen MR) is 66.6 cm³/mol. The number of nitrogens with one attached hydrogen (secondary N) is 1. The minimum atomic E-state index is -0.436. The third kappa shape index (κ3) is 6.94. The first-order valence-corrected chi connectivity index (χ1v) is 5.89. The summed E-state index contributed by atoms with van der Waals surface area (Å²) in [5.74, 6) is 0.113. The Morgan fingerprint density at radius 3 is 2.35 bits per heavy atom. The Labute approximate surface area is 103 Å². The largest absolute Gasteiger partial charge is 0.383 e. The Kier molecular flexibility index (Phi) is 7.54. The van der Waals surface area contributed by atoms with E-state index < -0.39 is 6.04 Å². The lowest BCUT2D eigenvalue weighted by atomic mass is 10.0.